The van der Waals surface area contributed by atoms with E-state index >= 15 is 0 Å². The third-order valence-corrected chi connectivity index (χ3v) is 9.74. The van der Waals surface area contributed by atoms with E-state index in [1.54, 1.807) is 36.9 Å². The summed E-state index contributed by atoms with van der Waals surface area (Å²) >= 11 is 0. The van der Waals surface area contributed by atoms with Gasteiger partial charge in [-0.25, -0.2) is 15.0 Å². The molecule has 0 aliphatic rings. The van der Waals surface area contributed by atoms with Crippen molar-refractivity contribution in [1.29, 1.82) is 5.26 Å². The number of rotatable bonds is 5. The van der Waals surface area contributed by atoms with Crippen LogP contribution in [0.5, 0.6) is 0 Å². The van der Waals surface area contributed by atoms with E-state index in [9.17, 15) is 5.26 Å². The van der Waals surface area contributed by atoms with Crippen LogP contribution in [-0.4, -0.2) is 34.9 Å². The number of nitriles is 1. The van der Waals surface area contributed by atoms with Gasteiger partial charge >= 0.3 is 0 Å². The van der Waals surface area contributed by atoms with Gasteiger partial charge in [-0.3, -0.25) is 19.9 Å². The Labute approximate surface area is 309 Å². The summed E-state index contributed by atoms with van der Waals surface area (Å²) in [5.41, 5.74) is 10.8. The van der Waals surface area contributed by atoms with Gasteiger partial charge in [-0.2, -0.15) is 5.26 Å². The van der Waals surface area contributed by atoms with Crippen LogP contribution in [-0.2, 0) is 0 Å². The first-order valence-corrected chi connectivity index (χ1v) is 17.4. The Hall–Kier alpha value is -7.76. The monoisotopic (exact) mass is 690 g/mol. The van der Waals surface area contributed by atoms with E-state index in [2.05, 4.69) is 86.7 Å². The molecule has 0 radical (unpaired) electrons. The molecular weight excluding hydrogens is 665 g/mol. The largest absolute Gasteiger partial charge is 0.254 e. The van der Waals surface area contributed by atoms with E-state index in [0.29, 0.717) is 23.0 Å². The predicted octanol–water partition coefficient (Wildman–Crippen LogP) is 10.3. The number of fused-ring (bicyclic) bond motifs is 6. The topological polar surface area (TPSA) is 114 Å². The molecule has 0 amide bonds. The zero-order valence-corrected chi connectivity index (χ0v) is 28.6. The van der Waals surface area contributed by atoms with Crippen LogP contribution in [0.25, 0.3) is 100 Å². The summed E-state index contributed by atoms with van der Waals surface area (Å²) in [5.74, 6) is 1.61. The van der Waals surface area contributed by atoms with Crippen LogP contribution in [0, 0.1) is 11.3 Å². The van der Waals surface area contributed by atoms with Crippen LogP contribution >= 0.6 is 0 Å². The molecule has 0 N–H and O–H groups in total. The Morgan fingerprint density at radius 2 is 0.722 bits per heavy atom. The van der Waals surface area contributed by atoms with Crippen LogP contribution < -0.4 is 0 Å². The molecule has 5 aromatic carbocycles. The molecule has 5 heterocycles. The van der Waals surface area contributed by atoms with Crippen molar-refractivity contribution >= 4 is 43.6 Å². The molecule has 8 heteroatoms. The quantitative estimate of drug-likeness (QED) is 0.164. The Bertz CT molecular complexity index is 2920. The lowest BCUT2D eigenvalue weighted by Crippen LogP contribution is -2.00. The number of nitrogens with zero attached hydrogens (tertiary/aromatic N) is 8. The van der Waals surface area contributed by atoms with E-state index in [1.807, 2.05) is 60.7 Å². The zero-order valence-electron chi connectivity index (χ0n) is 28.6. The normalized spacial score (nSPS) is 11.3. The highest BCUT2D eigenvalue weighted by atomic mass is 15.0. The summed E-state index contributed by atoms with van der Waals surface area (Å²) < 4.78 is 0. The highest BCUT2D eigenvalue weighted by Crippen LogP contribution is 2.36. The molecule has 250 valence electrons. The summed E-state index contributed by atoms with van der Waals surface area (Å²) in [5, 5.41) is 13.6. The molecule has 0 spiro atoms. The Balaban J connectivity index is 1.07. The van der Waals surface area contributed by atoms with Gasteiger partial charge in [-0.1, -0.05) is 72.8 Å². The number of hydrogen-bond acceptors (Lipinski definition) is 8. The Kier molecular flexibility index (Phi) is 7.34. The number of pyridine rings is 4. The van der Waals surface area contributed by atoms with Crippen LogP contribution in [0.3, 0.4) is 0 Å². The lowest BCUT2D eigenvalue weighted by atomic mass is 9.96. The average molecular weight is 691 g/mol. The first-order chi connectivity index (χ1) is 26.7. The van der Waals surface area contributed by atoms with E-state index in [0.717, 1.165) is 82.6 Å². The Morgan fingerprint density at radius 1 is 0.370 bits per heavy atom. The molecule has 0 aliphatic heterocycles. The number of benzene rings is 5. The van der Waals surface area contributed by atoms with Gasteiger partial charge in [0.2, 0.25) is 0 Å². The van der Waals surface area contributed by atoms with Gasteiger partial charge in [0, 0.05) is 63.0 Å². The molecule has 0 unspecified atom stereocenters. The zero-order chi connectivity index (χ0) is 36.0. The van der Waals surface area contributed by atoms with E-state index in [4.69, 9.17) is 15.0 Å². The van der Waals surface area contributed by atoms with Gasteiger partial charge in [0.25, 0.3) is 0 Å². The average Bonchev–Trinajstić information content (AvgIpc) is 3.26. The van der Waals surface area contributed by atoms with Gasteiger partial charge < -0.3 is 0 Å². The van der Waals surface area contributed by atoms with Gasteiger partial charge in [-0.15, -0.1) is 0 Å². The summed E-state index contributed by atoms with van der Waals surface area (Å²) in [6.07, 6.45) is 7.22. The molecule has 0 atom stereocenters. The smallest absolute Gasteiger partial charge is 0.164 e. The molecule has 54 heavy (non-hydrogen) atoms. The highest BCUT2D eigenvalue weighted by Gasteiger charge is 2.16. The fourth-order valence-corrected chi connectivity index (χ4v) is 7.09. The molecule has 0 saturated heterocycles. The molecule has 0 saturated carbocycles. The number of aromatic nitrogens is 7. The summed E-state index contributed by atoms with van der Waals surface area (Å²) in [6, 6.07) is 46.5. The fraction of sp³-hybridized carbons (Fsp3) is 0. The van der Waals surface area contributed by atoms with Crippen LogP contribution in [0.4, 0.5) is 0 Å². The third-order valence-electron chi connectivity index (χ3n) is 9.74. The lowest BCUT2D eigenvalue weighted by molar-refractivity contribution is 1.07. The maximum Gasteiger partial charge on any atom is 0.164 e. The molecule has 0 bridgehead atoms. The van der Waals surface area contributed by atoms with Crippen molar-refractivity contribution in [3.05, 3.63) is 164 Å². The summed E-state index contributed by atoms with van der Waals surface area (Å²) in [7, 11) is 0. The van der Waals surface area contributed by atoms with Crippen LogP contribution in [0.1, 0.15) is 5.56 Å². The second-order valence-electron chi connectivity index (χ2n) is 12.9. The van der Waals surface area contributed by atoms with Crippen LogP contribution in [0.2, 0.25) is 0 Å². The fourth-order valence-electron chi connectivity index (χ4n) is 7.09. The summed E-state index contributed by atoms with van der Waals surface area (Å²) in [6.45, 7) is 0. The second-order valence-corrected chi connectivity index (χ2v) is 12.9. The molecule has 8 nitrogen and oxygen atoms in total. The van der Waals surface area contributed by atoms with Gasteiger partial charge in [0.1, 0.15) is 0 Å². The van der Waals surface area contributed by atoms with Crippen molar-refractivity contribution in [2.24, 2.45) is 0 Å². The van der Waals surface area contributed by atoms with Crippen LogP contribution in [0.15, 0.2) is 158 Å². The van der Waals surface area contributed by atoms with Gasteiger partial charge in [-0.05, 0) is 82.9 Å². The highest BCUT2D eigenvalue weighted by molar-refractivity contribution is 6.11. The molecule has 10 aromatic rings. The van der Waals surface area contributed by atoms with Crippen molar-refractivity contribution in [3.8, 4) is 62.5 Å². The third kappa shape index (κ3) is 5.36. The summed E-state index contributed by atoms with van der Waals surface area (Å²) in [4.78, 5) is 33.5. The molecular formula is C46H26N8. The van der Waals surface area contributed by atoms with E-state index in [-0.39, 0.29) is 0 Å². The van der Waals surface area contributed by atoms with Gasteiger partial charge in [0.05, 0.1) is 33.7 Å². The predicted molar refractivity (Wildman–Crippen MR) is 213 cm³/mol. The minimum absolute atomic E-state index is 0.519. The molecule has 10 rings (SSSR count). The maximum atomic E-state index is 9.41. The van der Waals surface area contributed by atoms with Crippen molar-refractivity contribution in [2.75, 3.05) is 0 Å². The number of hydrogen-bond donors (Lipinski definition) is 0. The van der Waals surface area contributed by atoms with Crippen molar-refractivity contribution in [1.82, 2.24) is 34.9 Å². The minimum Gasteiger partial charge on any atom is -0.254 e. The van der Waals surface area contributed by atoms with Gasteiger partial charge in [0.15, 0.2) is 17.5 Å². The standard InChI is InChI=1S/C46H26N8/c47-27-28-9-11-31(12-10-28)44-52-45(32-17-13-29(14-18-32)38-25-34-5-1-21-48-40(34)42-36(38)7-3-23-50-42)54-46(53-44)33-19-15-30(16-20-33)39-26-35-6-2-22-49-41(35)43-37(39)8-4-24-51-43/h1-26H. The van der Waals surface area contributed by atoms with Crippen molar-refractivity contribution < 1.29 is 0 Å². The molecule has 5 aromatic heterocycles. The first-order valence-electron chi connectivity index (χ1n) is 17.4. The Morgan fingerprint density at radius 3 is 1.13 bits per heavy atom. The molecule has 0 aliphatic carbocycles. The van der Waals surface area contributed by atoms with Crippen molar-refractivity contribution in [3.63, 3.8) is 0 Å². The lowest BCUT2D eigenvalue weighted by Gasteiger charge is -2.12. The SMILES string of the molecule is N#Cc1ccc(-c2nc(-c3ccc(-c4cc5cccnc5c5ncccc45)cc3)nc(-c3ccc(-c4cc5cccnc5c5ncccc45)cc3)n2)cc1. The van der Waals surface area contributed by atoms with E-state index in [1.165, 1.54) is 0 Å². The minimum atomic E-state index is 0.519. The maximum absolute atomic E-state index is 9.41. The second kappa shape index (κ2) is 12.8. The molecule has 0 fully saturated rings. The van der Waals surface area contributed by atoms with E-state index < -0.39 is 0 Å². The first kappa shape index (κ1) is 31.0. The van der Waals surface area contributed by atoms with Crippen molar-refractivity contribution in [2.45, 2.75) is 0 Å².